The highest BCUT2D eigenvalue weighted by atomic mass is 16.5. The average molecular weight is 202 g/mol. The number of esters is 1. The number of carboxylic acid groups (broad SMARTS) is 1. The van der Waals surface area contributed by atoms with E-state index in [0.717, 1.165) is 0 Å². The summed E-state index contributed by atoms with van der Waals surface area (Å²) >= 11 is 0. The van der Waals surface area contributed by atoms with E-state index in [0.29, 0.717) is 19.4 Å². The Morgan fingerprint density at radius 2 is 1.79 bits per heavy atom. The minimum atomic E-state index is -0.813. The van der Waals surface area contributed by atoms with Gasteiger partial charge in [0.15, 0.2) is 0 Å². The zero-order chi connectivity index (χ0) is 11.2. The van der Waals surface area contributed by atoms with Gasteiger partial charge in [-0.2, -0.15) is 0 Å². The molecule has 0 atom stereocenters. The van der Waals surface area contributed by atoms with Crippen LogP contribution < -0.4 is 0 Å². The zero-order valence-electron chi connectivity index (χ0n) is 9.00. The fourth-order valence-electron chi connectivity index (χ4n) is 0.760. The smallest absolute Gasteiger partial charge is 0.311 e. The van der Waals surface area contributed by atoms with Crippen molar-refractivity contribution in [1.29, 1.82) is 0 Å². The van der Waals surface area contributed by atoms with Gasteiger partial charge in [0.2, 0.25) is 0 Å². The van der Waals surface area contributed by atoms with Crippen LogP contribution >= 0.6 is 0 Å². The summed E-state index contributed by atoms with van der Waals surface area (Å²) in [6.07, 6.45) is 1.29. The second-order valence-electron chi connectivity index (χ2n) is 4.24. The van der Waals surface area contributed by atoms with Crippen LogP contribution in [0, 0.1) is 5.41 Å². The summed E-state index contributed by atoms with van der Waals surface area (Å²) in [5.41, 5.74) is -0.479. The van der Waals surface area contributed by atoms with E-state index in [1.807, 2.05) is 0 Å². The molecule has 0 fully saturated rings. The van der Waals surface area contributed by atoms with Gasteiger partial charge in [-0.15, -0.1) is 0 Å². The van der Waals surface area contributed by atoms with E-state index in [-0.39, 0.29) is 12.4 Å². The van der Waals surface area contributed by atoms with Crippen molar-refractivity contribution in [2.45, 2.75) is 40.0 Å². The minimum absolute atomic E-state index is 0.132. The van der Waals surface area contributed by atoms with Crippen LogP contribution in [0.5, 0.6) is 0 Å². The first kappa shape index (κ1) is 12.9. The van der Waals surface area contributed by atoms with Gasteiger partial charge in [0.25, 0.3) is 0 Å². The predicted octanol–water partition coefficient (Wildman–Crippen LogP) is 1.83. The number of carboxylic acids is 1. The molecule has 0 saturated carbocycles. The largest absolute Gasteiger partial charge is 0.481 e. The summed E-state index contributed by atoms with van der Waals surface area (Å²) in [4.78, 5) is 21.4. The van der Waals surface area contributed by atoms with E-state index in [1.165, 1.54) is 0 Å². The Morgan fingerprint density at radius 3 is 2.21 bits per heavy atom. The van der Waals surface area contributed by atoms with Crippen molar-refractivity contribution in [2.24, 2.45) is 5.41 Å². The number of aliphatic carboxylic acids is 1. The third-order valence-corrected chi connectivity index (χ3v) is 1.63. The van der Waals surface area contributed by atoms with Crippen LogP contribution in [0.15, 0.2) is 0 Å². The molecule has 0 radical (unpaired) electrons. The maximum absolute atomic E-state index is 11.2. The standard InChI is InChI=1S/C10H18O4/c1-10(2,3)9(13)14-7-5-4-6-8(11)12/h4-7H2,1-3H3,(H,11,12). The first-order valence-electron chi connectivity index (χ1n) is 4.73. The van der Waals surface area contributed by atoms with Crippen molar-refractivity contribution < 1.29 is 19.4 Å². The van der Waals surface area contributed by atoms with E-state index in [1.54, 1.807) is 20.8 Å². The highest BCUT2D eigenvalue weighted by Crippen LogP contribution is 2.15. The molecule has 0 aliphatic rings. The normalized spacial score (nSPS) is 11.1. The third-order valence-electron chi connectivity index (χ3n) is 1.63. The Balaban J connectivity index is 3.46. The molecule has 4 nitrogen and oxygen atoms in total. The van der Waals surface area contributed by atoms with Crippen molar-refractivity contribution in [2.75, 3.05) is 6.61 Å². The molecule has 0 amide bonds. The Bertz CT molecular complexity index is 203. The fraction of sp³-hybridized carbons (Fsp3) is 0.800. The molecule has 0 spiro atoms. The molecule has 82 valence electrons. The molecular weight excluding hydrogens is 184 g/mol. The molecule has 0 bridgehead atoms. The number of hydrogen-bond acceptors (Lipinski definition) is 3. The molecular formula is C10H18O4. The van der Waals surface area contributed by atoms with Crippen LogP contribution in [0.25, 0.3) is 0 Å². The second kappa shape index (κ2) is 5.62. The van der Waals surface area contributed by atoms with Gasteiger partial charge in [0, 0.05) is 6.42 Å². The molecule has 4 heteroatoms. The highest BCUT2D eigenvalue weighted by Gasteiger charge is 2.22. The lowest BCUT2D eigenvalue weighted by molar-refractivity contribution is -0.153. The SMILES string of the molecule is CC(C)(C)C(=O)OCCCCC(=O)O. The van der Waals surface area contributed by atoms with Crippen LogP contribution in [0.3, 0.4) is 0 Å². The topological polar surface area (TPSA) is 63.6 Å². The summed E-state index contributed by atoms with van der Waals surface area (Å²) in [5.74, 6) is -1.06. The van der Waals surface area contributed by atoms with E-state index in [2.05, 4.69) is 0 Å². The van der Waals surface area contributed by atoms with Gasteiger partial charge in [-0.1, -0.05) is 0 Å². The monoisotopic (exact) mass is 202 g/mol. The van der Waals surface area contributed by atoms with Crippen LogP contribution in [0.4, 0.5) is 0 Å². The van der Waals surface area contributed by atoms with Gasteiger partial charge in [0.05, 0.1) is 12.0 Å². The van der Waals surface area contributed by atoms with Gasteiger partial charge < -0.3 is 9.84 Å². The summed E-state index contributed by atoms with van der Waals surface area (Å²) in [6, 6.07) is 0. The molecule has 0 aliphatic carbocycles. The number of carbonyl (C=O) groups is 2. The van der Waals surface area contributed by atoms with Crippen LogP contribution in [-0.2, 0) is 14.3 Å². The van der Waals surface area contributed by atoms with Gasteiger partial charge in [-0.05, 0) is 33.6 Å². The predicted molar refractivity (Wildman–Crippen MR) is 51.9 cm³/mol. The average Bonchev–Trinajstić information content (AvgIpc) is 2.01. The summed E-state index contributed by atoms with van der Waals surface area (Å²) < 4.78 is 4.96. The lowest BCUT2D eigenvalue weighted by Crippen LogP contribution is -2.23. The fourth-order valence-corrected chi connectivity index (χ4v) is 0.760. The molecule has 0 aromatic carbocycles. The van der Waals surface area contributed by atoms with E-state index in [4.69, 9.17) is 9.84 Å². The van der Waals surface area contributed by atoms with Gasteiger partial charge >= 0.3 is 11.9 Å². The quantitative estimate of drug-likeness (QED) is 0.545. The molecule has 0 saturated heterocycles. The van der Waals surface area contributed by atoms with E-state index < -0.39 is 11.4 Å². The molecule has 0 heterocycles. The summed E-state index contributed by atoms with van der Waals surface area (Å²) in [7, 11) is 0. The van der Waals surface area contributed by atoms with Gasteiger partial charge in [0.1, 0.15) is 0 Å². The molecule has 1 N–H and O–H groups in total. The van der Waals surface area contributed by atoms with Gasteiger partial charge in [-0.3, -0.25) is 9.59 Å². The number of rotatable bonds is 5. The van der Waals surface area contributed by atoms with Crippen molar-refractivity contribution in [1.82, 2.24) is 0 Å². The first-order chi connectivity index (χ1) is 6.34. The minimum Gasteiger partial charge on any atom is -0.481 e. The molecule has 0 unspecified atom stereocenters. The molecule has 0 aliphatic heterocycles. The Labute approximate surface area is 84.3 Å². The Morgan fingerprint density at radius 1 is 1.21 bits per heavy atom. The molecule has 0 aromatic rings. The second-order valence-corrected chi connectivity index (χ2v) is 4.24. The van der Waals surface area contributed by atoms with Crippen LogP contribution in [0.2, 0.25) is 0 Å². The number of ether oxygens (including phenoxy) is 1. The van der Waals surface area contributed by atoms with Crippen LogP contribution in [-0.4, -0.2) is 23.7 Å². The van der Waals surface area contributed by atoms with Crippen molar-refractivity contribution in [3.05, 3.63) is 0 Å². The molecule has 0 aromatic heterocycles. The van der Waals surface area contributed by atoms with E-state index in [9.17, 15) is 9.59 Å². The third kappa shape index (κ3) is 6.46. The summed E-state index contributed by atoms with van der Waals surface area (Å²) in [5, 5.41) is 8.34. The first-order valence-corrected chi connectivity index (χ1v) is 4.73. The lowest BCUT2D eigenvalue weighted by Gasteiger charge is -2.16. The maximum Gasteiger partial charge on any atom is 0.311 e. The van der Waals surface area contributed by atoms with Crippen LogP contribution in [0.1, 0.15) is 40.0 Å². The lowest BCUT2D eigenvalue weighted by atomic mass is 9.97. The molecule has 0 rings (SSSR count). The van der Waals surface area contributed by atoms with E-state index >= 15 is 0 Å². The Hall–Kier alpha value is -1.06. The molecule has 14 heavy (non-hydrogen) atoms. The maximum atomic E-state index is 11.2. The summed E-state index contributed by atoms with van der Waals surface area (Å²) in [6.45, 7) is 5.66. The van der Waals surface area contributed by atoms with Crippen molar-refractivity contribution in [3.63, 3.8) is 0 Å². The van der Waals surface area contributed by atoms with Gasteiger partial charge in [-0.25, -0.2) is 0 Å². The van der Waals surface area contributed by atoms with Crippen molar-refractivity contribution >= 4 is 11.9 Å². The number of carbonyl (C=O) groups excluding carboxylic acids is 1. The number of unbranched alkanes of at least 4 members (excludes halogenated alkanes) is 1. The zero-order valence-corrected chi connectivity index (χ0v) is 9.00. The highest BCUT2D eigenvalue weighted by molar-refractivity contribution is 5.75. The Kier molecular flexibility index (Phi) is 5.20. The van der Waals surface area contributed by atoms with Crippen molar-refractivity contribution in [3.8, 4) is 0 Å². The number of hydrogen-bond donors (Lipinski definition) is 1.